The molecule has 0 unspecified atom stereocenters. The van der Waals surface area contributed by atoms with Crippen LogP contribution in [-0.4, -0.2) is 25.9 Å². The van der Waals surface area contributed by atoms with E-state index < -0.39 is 0 Å². The van der Waals surface area contributed by atoms with Crippen LogP contribution in [0.15, 0.2) is 59.0 Å². The van der Waals surface area contributed by atoms with Gasteiger partial charge in [0.05, 0.1) is 5.69 Å². The molecular weight excluding hydrogens is 373 g/mol. The number of hydrogen-bond donors (Lipinski definition) is 1. The van der Waals surface area contributed by atoms with Crippen molar-refractivity contribution >= 4 is 5.91 Å². The van der Waals surface area contributed by atoms with Gasteiger partial charge in [0.15, 0.2) is 0 Å². The van der Waals surface area contributed by atoms with Gasteiger partial charge in [0, 0.05) is 30.3 Å². The van der Waals surface area contributed by atoms with Crippen LogP contribution in [0, 0.1) is 19.7 Å². The van der Waals surface area contributed by atoms with Crippen molar-refractivity contribution in [3.8, 4) is 17.3 Å². The van der Waals surface area contributed by atoms with Crippen molar-refractivity contribution in [1.82, 2.24) is 25.3 Å². The van der Waals surface area contributed by atoms with E-state index in [2.05, 4.69) is 20.6 Å². The number of halogens is 1. The van der Waals surface area contributed by atoms with E-state index in [0.29, 0.717) is 34.3 Å². The average Bonchev–Trinajstić information content (AvgIpc) is 3.33. The number of rotatable bonds is 5. The molecule has 2 aromatic carbocycles. The lowest BCUT2D eigenvalue weighted by Crippen LogP contribution is -2.23. The summed E-state index contributed by atoms with van der Waals surface area (Å²) in [6.45, 7) is 3.71. The molecule has 2 aromatic heterocycles. The predicted molar refractivity (Wildman–Crippen MR) is 104 cm³/mol. The maximum Gasteiger partial charge on any atom is 0.268 e. The van der Waals surface area contributed by atoms with Gasteiger partial charge >= 0.3 is 0 Å². The highest BCUT2D eigenvalue weighted by molar-refractivity contribution is 5.94. The van der Waals surface area contributed by atoms with Crippen LogP contribution in [0.25, 0.3) is 17.3 Å². The molecular formula is C21H18FN5O2. The largest absolute Gasteiger partial charge is 0.420 e. The Kier molecular flexibility index (Phi) is 4.90. The minimum Gasteiger partial charge on any atom is -0.420 e. The number of benzene rings is 2. The Balaban J connectivity index is 1.55. The molecule has 1 amide bonds. The van der Waals surface area contributed by atoms with E-state index in [4.69, 9.17) is 4.42 Å². The van der Waals surface area contributed by atoms with Crippen LogP contribution < -0.4 is 5.32 Å². The number of aryl methyl sites for hydroxylation is 2. The first-order valence-electron chi connectivity index (χ1n) is 9.00. The summed E-state index contributed by atoms with van der Waals surface area (Å²) in [5.74, 6) is 0.147. The number of carbonyl (C=O) groups excluding carboxylic acids is 1. The highest BCUT2D eigenvalue weighted by atomic mass is 19.1. The van der Waals surface area contributed by atoms with Gasteiger partial charge in [-0.3, -0.25) is 4.79 Å². The molecule has 146 valence electrons. The van der Waals surface area contributed by atoms with Crippen molar-refractivity contribution in [3.63, 3.8) is 0 Å². The molecule has 0 spiro atoms. The maximum atomic E-state index is 13.7. The van der Waals surface area contributed by atoms with Crippen LogP contribution in [0.4, 0.5) is 4.39 Å². The molecule has 0 saturated carbocycles. The SMILES string of the molecule is Cc1nnc(-c2cc(C)n(-c3cccc(C(=O)NCc4ccccc4F)c3)n2)o1. The van der Waals surface area contributed by atoms with Gasteiger partial charge in [-0.15, -0.1) is 10.2 Å². The van der Waals surface area contributed by atoms with Crippen LogP contribution >= 0.6 is 0 Å². The topological polar surface area (TPSA) is 85.8 Å². The molecule has 0 atom stereocenters. The van der Waals surface area contributed by atoms with E-state index in [9.17, 15) is 9.18 Å². The van der Waals surface area contributed by atoms with Crippen LogP contribution in [0.2, 0.25) is 0 Å². The third-order valence-corrected chi connectivity index (χ3v) is 4.38. The van der Waals surface area contributed by atoms with Crippen molar-refractivity contribution in [1.29, 1.82) is 0 Å². The van der Waals surface area contributed by atoms with Crippen molar-refractivity contribution in [2.24, 2.45) is 0 Å². The summed E-state index contributed by atoms with van der Waals surface area (Å²) in [5.41, 5.74) is 2.99. The number of hydrogen-bond acceptors (Lipinski definition) is 5. The van der Waals surface area contributed by atoms with Crippen LogP contribution in [0.1, 0.15) is 27.5 Å². The summed E-state index contributed by atoms with van der Waals surface area (Å²) in [4.78, 5) is 12.5. The van der Waals surface area contributed by atoms with Crippen LogP contribution in [0.3, 0.4) is 0 Å². The van der Waals surface area contributed by atoms with Gasteiger partial charge in [-0.05, 0) is 37.3 Å². The fourth-order valence-electron chi connectivity index (χ4n) is 2.94. The van der Waals surface area contributed by atoms with Gasteiger partial charge in [-0.1, -0.05) is 24.3 Å². The Bertz CT molecular complexity index is 1180. The molecule has 8 heteroatoms. The lowest BCUT2D eigenvalue weighted by molar-refractivity contribution is 0.0950. The summed E-state index contributed by atoms with van der Waals surface area (Å²) >= 11 is 0. The minimum absolute atomic E-state index is 0.108. The Morgan fingerprint density at radius 1 is 1.10 bits per heavy atom. The summed E-state index contributed by atoms with van der Waals surface area (Å²) in [6, 6.07) is 15.2. The first-order valence-corrected chi connectivity index (χ1v) is 9.00. The first kappa shape index (κ1) is 18.5. The second-order valence-corrected chi connectivity index (χ2v) is 6.53. The zero-order chi connectivity index (χ0) is 20.4. The van der Waals surface area contributed by atoms with Gasteiger partial charge in [0.2, 0.25) is 5.89 Å². The van der Waals surface area contributed by atoms with E-state index >= 15 is 0 Å². The standard InChI is InChI=1S/C21H18FN5O2/c1-13-10-19(21-25-24-14(2)29-21)26-27(13)17-8-5-7-15(11-17)20(28)23-12-16-6-3-4-9-18(16)22/h3-11H,12H2,1-2H3,(H,23,28). The quantitative estimate of drug-likeness (QED) is 0.562. The third kappa shape index (κ3) is 3.91. The number of amides is 1. The Hall–Kier alpha value is -3.81. The summed E-state index contributed by atoms with van der Waals surface area (Å²) in [5, 5.41) is 15.1. The monoisotopic (exact) mass is 391 g/mol. The smallest absolute Gasteiger partial charge is 0.268 e. The Morgan fingerprint density at radius 3 is 2.69 bits per heavy atom. The molecule has 0 radical (unpaired) electrons. The molecule has 0 aliphatic carbocycles. The third-order valence-electron chi connectivity index (χ3n) is 4.38. The van der Waals surface area contributed by atoms with E-state index in [1.54, 1.807) is 48.0 Å². The first-order chi connectivity index (χ1) is 14.0. The zero-order valence-corrected chi connectivity index (χ0v) is 15.9. The lowest BCUT2D eigenvalue weighted by atomic mass is 10.1. The van der Waals surface area contributed by atoms with Gasteiger partial charge in [-0.25, -0.2) is 9.07 Å². The molecule has 0 aliphatic heterocycles. The van der Waals surface area contributed by atoms with E-state index in [1.807, 2.05) is 19.1 Å². The van der Waals surface area contributed by atoms with Gasteiger partial charge in [0.1, 0.15) is 11.5 Å². The highest BCUT2D eigenvalue weighted by Crippen LogP contribution is 2.21. The second-order valence-electron chi connectivity index (χ2n) is 6.53. The normalized spacial score (nSPS) is 10.9. The summed E-state index contributed by atoms with van der Waals surface area (Å²) < 4.78 is 20.9. The number of nitrogens with zero attached hydrogens (tertiary/aromatic N) is 4. The van der Waals surface area contributed by atoms with Crippen molar-refractivity contribution in [2.75, 3.05) is 0 Å². The van der Waals surface area contributed by atoms with Gasteiger partial charge in [0.25, 0.3) is 11.8 Å². The lowest BCUT2D eigenvalue weighted by Gasteiger charge is -2.09. The fourth-order valence-corrected chi connectivity index (χ4v) is 2.94. The van der Waals surface area contributed by atoms with Crippen LogP contribution in [-0.2, 0) is 6.54 Å². The maximum absolute atomic E-state index is 13.7. The minimum atomic E-state index is -0.350. The molecule has 29 heavy (non-hydrogen) atoms. The van der Waals surface area contributed by atoms with E-state index in [-0.39, 0.29) is 18.3 Å². The van der Waals surface area contributed by atoms with Crippen LogP contribution in [0.5, 0.6) is 0 Å². The molecule has 0 bridgehead atoms. The zero-order valence-electron chi connectivity index (χ0n) is 15.9. The number of carbonyl (C=O) groups is 1. The second kappa shape index (κ2) is 7.67. The number of nitrogens with one attached hydrogen (secondary N) is 1. The highest BCUT2D eigenvalue weighted by Gasteiger charge is 2.14. The Morgan fingerprint density at radius 2 is 1.93 bits per heavy atom. The predicted octanol–water partition coefficient (Wildman–Crippen LogP) is 3.61. The molecule has 0 aliphatic rings. The van der Waals surface area contributed by atoms with E-state index in [1.165, 1.54) is 6.07 Å². The molecule has 1 N–H and O–H groups in total. The summed E-state index contributed by atoms with van der Waals surface area (Å²) in [7, 11) is 0. The molecule has 0 fully saturated rings. The van der Waals surface area contributed by atoms with Crippen molar-refractivity contribution in [2.45, 2.75) is 20.4 Å². The number of aromatic nitrogens is 4. The van der Waals surface area contributed by atoms with Crippen molar-refractivity contribution in [3.05, 3.63) is 83.1 Å². The molecule has 7 nitrogen and oxygen atoms in total. The summed E-state index contributed by atoms with van der Waals surface area (Å²) in [6.07, 6.45) is 0. The van der Waals surface area contributed by atoms with E-state index in [0.717, 1.165) is 5.69 Å². The average molecular weight is 391 g/mol. The molecule has 4 aromatic rings. The van der Waals surface area contributed by atoms with Gasteiger partial charge in [-0.2, -0.15) is 5.10 Å². The molecule has 2 heterocycles. The molecule has 4 rings (SSSR count). The fraction of sp³-hybridized carbons (Fsp3) is 0.143. The van der Waals surface area contributed by atoms with Gasteiger partial charge < -0.3 is 9.73 Å². The van der Waals surface area contributed by atoms with Crippen molar-refractivity contribution < 1.29 is 13.6 Å². The molecule has 0 saturated heterocycles. The Labute approximate surface area is 166 Å².